The van der Waals surface area contributed by atoms with Gasteiger partial charge in [-0.05, 0) is 47.9 Å². The average molecular weight is 291 g/mol. The standard InChI is InChI=1S/C20H21NO/c1-14-11-12-16-7-3-4-8-17(16)18(14)13-15(2)22-20-10-6-5-9-19(20)21/h3-12,15H,13,21H2,1-2H3. The van der Waals surface area contributed by atoms with Gasteiger partial charge in [0, 0.05) is 6.42 Å². The number of nitrogens with two attached hydrogens (primary N) is 1. The summed E-state index contributed by atoms with van der Waals surface area (Å²) in [6.07, 6.45) is 0.927. The van der Waals surface area contributed by atoms with Gasteiger partial charge >= 0.3 is 0 Å². The fourth-order valence-corrected chi connectivity index (χ4v) is 2.85. The molecule has 22 heavy (non-hydrogen) atoms. The number of anilines is 1. The van der Waals surface area contributed by atoms with Crippen molar-refractivity contribution in [1.82, 2.24) is 0 Å². The predicted octanol–water partition coefficient (Wildman–Crippen LogP) is 4.74. The van der Waals surface area contributed by atoms with Gasteiger partial charge < -0.3 is 10.5 Å². The third-order valence-corrected chi connectivity index (χ3v) is 4.01. The van der Waals surface area contributed by atoms with E-state index in [4.69, 9.17) is 10.5 Å². The first-order chi connectivity index (χ1) is 10.6. The van der Waals surface area contributed by atoms with Gasteiger partial charge in [-0.15, -0.1) is 0 Å². The molecule has 0 aromatic heterocycles. The second kappa shape index (κ2) is 6.10. The van der Waals surface area contributed by atoms with Crippen LogP contribution in [0.2, 0.25) is 0 Å². The molecule has 112 valence electrons. The molecule has 3 aromatic rings. The van der Waals surface area contributed by atoms with Crippen LogP contribution in [0.3, 0.4) is 0 Å². The molecule has 0 aliphatic heterocycles. The first-order valence-corrected chi connectivity index (χ1v) is 7.63. The average Bonchev–Trinajstić information content (AvgIpc) is 2.52. The highest BCUT2D eigenvalue weighted by molar-refractivity contribution is 5.86. The van der Waals surface area contributed by atoms with E-state index in [9.17, 15) is 0 Å². The molecule has 0 aliphatic rings. The zero-order chi connectivity index (χ0) is 15.5. The van der Waals surface area contributed by atoms with Crippen molar-refractivity contribution in [3.8, 4) is 5.75 Å². The SMILES string of the molecule is Cc1ccc2ccccc2c1CC(C)Oc1ccccc1N. The number of aryl methyl sites for hydroxylation is 1. The molecule has 0 fully saturated rings. The lowest BCUT2D eigenvalue weighted by Gasteiger charge is -2.18. The summed E-state index contributed by atoms with van der Waals surface area (Å²) in [5.41, 5.74) is 9.29. The van der Waals surface area contributed by atoms with Gasteiger partial charge in [0.2, 0.25) is 0 Å². The zero-order valence-corrected chi connectivity index (χ0v) is 13.0. The van der Waals surface area contributed by atoms with E-state index in [0.29, 0.717) is 5.69 Å². The highest BCUT2D eigenvalue weighted by Crippen LogP contribution is 2.26. The maximum Gasteiger partial charge on any atom is 0.142 e. The summed E-state index contributed by atoms with van der Waals surface area (Å²) in [7, 11) is 0. The fraction of sp³-hybridized carbons (Fsp3) is 0.200. The smallest absolute Gasteiger partial charge is 0.142 e. The van der Waals surface area contributed by atoms with Crippen LogP contribution in [0.15, 0.2) is 60.7 Å². The summed E-state index contributed by atoms with van der Waals surface area (Å²) in [6, 6.07) is 20.5. The Morgan fingerprint density at radius 1 is 0.955 bits per heavy atom. The van der Waals surface area contributed by atoms with E-state index < -0.39 is 0 Å². The molecular weight excluding hydrogens is 270 g/mol. The first-order valence-electron chi connectivity index (χ1n) is 7.63. The van der Waals surface area contributed by atoms with Crippen LogP contribution in [0, 0.1) is 6.92 Å². The summed E-state index contributed by atoms with van der Waals surface area (Å²) in [4.78, 5) is 0. The molecule has 0 saturated heterocycles. The number of hydrogen-bond acceptors (Lipinski definition) is 2. The molecule has 1 unspecified atom stereocenters. The Kier molecular flexibility index (Phi) is 4.01. The van der Waals surface area contributed by atoms with E-state index >= 15 is 0 Å². The molecule has 3 rings (SSSR count). The Hall–Kier alpha value is -2.48. The molecule has 0 heterocycles. The molecule has 2 heteroatoms. The molecular formula is C20H21NO. The Balaban J connectivity index is 1.87. The van der Waals surface area contributed by atoms with Crippen molar-refractivity contribution in [1.29, 1.82) is 0 Å². The molecule has 2 N–H and O–H groups in total. The van der Waals surface area contributed by atoms with Gasteiger partial charge in [-0.1, -0.05) is 48.5 Å². The lowest BCUT2D eigenvalue weighted by atomic mass is 9.96. The van der Waals surface area contributed by atoms with Crippen molar-refractivity contribution in [3.63, 3.8) is 0 Å². The van der Waals surface area contributed by atoms with Gasteiger partial charge in [-0.25, -0.2) is 0 Å². The van der Waals surface area contributed by atoms with Crippen molar-refractivity contribution in [3.05, 3.63) is 71.8 Å². The van der Waals surface area contributed by atoms with Crippen LogP contribution in [-0.2, 0) is 6.42 Å². The van der Waals surface area contributed by atoms with Crippen LogP contribution in [0.5, 0.6) is 5.75 Å². The minimum absolute atomic E-state index is 0.0641. The highest BCUT2D eigenvalue weighted by Gasteiger charge is 2.12. The van der Waals surface area contributed by atoms with Crippen molar-refractivity contribution in [2.75, 3.05) is 5.73 Å². The van der Waals surface area contributed by atoms with E-state index in [1.165, 1.54) is 21.9 Å². The number of nitrogen functional groups attached to an aromatic ring is 1. The van der Waals surface area contributed by atoms with Gasteiger partial charge in [-0.2, -0.15) is 0 Å². The lowest BCUT2D eigenvalue weighted by Crippen LogP contribution is -2.16. The molecule has 0 amide bonds. The number of ether oxygens (including phenoxy) is 1. The van der Waals surface area contributed by atoms with Gasteiger partial charge in [0.15, 0.2) is 0 Å². The summed E-state index contributed by atoms with van der Waals surface area (Å²) >= 11 is 0. The van der Waals surface area contributed by atoms with Gasteiger partial charge in [0.1, 0.15) is 11.9 Å². The Bertz CT molecular complexity index is 795. The van der Waals surface area contributed by atoms with Crippen molar-refractivity contribution >= 4 is 16.5 Å². The molecule has 1 atom stereocenters. The van der Waals surface area contributed by atoms with E-state index in [1.54, 1.807) is 0 Å². The second-order valence-electron chi connectivity index (χ2n) is 5.75. The van der Waals surface area contributed by atoms with E-state index in [2.05, 4.69) is 50.2 Å². The van der Waals surface area contributed by atoms with Gasteiger partial charge in [0.05, 0.1) is 5.69 Å². The van der Waals surface area contributed by atoms with Crippen LogP contribution in [-0.4, -0.2) is 6.10 Å². The number of fused-ring (bicyclic) bond motifs is 1. The topological polar surface area (TPSA) is 35.2 Å². The molecule has 0 saturated carbocycles. The third kappa shape index (κ3) is 2.91. The number of benzene rings is 3. The molecule has 0 bridgehead atoms. The van der Waals surface area contributed by atoms with E-state index in [-0.39, 0.29) is 6.10 Å². The minimum Gasteiger partial charge on any atom is -0.488 e. The van der Waals surface area contributed by atoms with Crippen molar-refractivity contribution < 1.29 is 4.74 Å². The number of para-hydroxylation sites is 2. The van der Waals surface area contributed by atoms with Crippen molar-refractivity contribution in [2.45, 2.75) is 26.4 Å². The second-order valence-corrected chi connectivity index (χ2v) is 5.75. The number of hydrogen-bond donors (Lipinski definition) is 1. The Labute approximate surface area is 131 Å². The minimum atomic E-state index is 0.0641. The van der Waals surface area contributed by atoms with Crippen LogP contribution >= 0.6 is 0 Å². The maximum atomic E-state index is 6.03. The van der Waals surface area contributed by atoms with Gasteiger partial charge in [-0.3, -0.25) is 0 Å². The molecule has 2 nitrogen and oxygen atoms in total. The Morgan fingerprint density at radius 2 is 1.68 bits per heavy atom. The van der Waals surface area contributed by atoms with Crippen LogP contribution < -0.4 is 10.5 Å². The van der Waals surface area contributed by atoms with Crippen LogP contribution in [0.4, 0.5) is 5.69 Å². The quantitative estimate of drug-likeness (QED) is 0.705. The van der Waals surface area contributed by atoms with E-state index in [0.717, 1.165) is 12.2 Å². The summed E-state index contributed by atoms with van der Waals surface area (Å²) in [5.74, 6) is 0.757. The highest BCUT2D eigenvalue weighted by atomic mass is 16.5. The van der Waals surface area contributed by atoms with Crippen molar-refractivity contribution in [2.24, 2.45) is 0 Å². The third-order valence-electron chi connectivity index (χ3n) is 4.01. The van der Waals surface area contributed by atoms with E-state index in [1.807, 2.05) is 24.3 Å². The summed E-state index contributed by atoms with van der Waals surface area (Å²) in [6.45, 7) is 4.25. The lowest BCUT2D eigenvalue weighted by molar-refractivity contribution is 0.223. The fourth-order valence-electron chi connectivity index (χ4n) is 2.85. The summed E-state index contributed by atoms with van der Waals surface area (Å²) < 4.78 is 6.03. The molecule has 0 aliphatic carbocycles. The monoisotopic (exact) mass is 291 g/mol. The molecule has 0 radical (unpaired) electrons. The summed E-state index contributed by atoms with van der Waals surface area (Å²) in [5, 5.41) is 2.58. The molecule has 0 spiro atoms. The largest absolute Gasteiger partial charge is 0.488 e. The van der Waals surface area contributed by atoms with Gasteiger partial charge in [0.25, 0.3) is 0 Å². The van der Waals surface area contributed by atoms with Crippen LogP contribution in [0.25, 0.3) is 10.8 Å². The zero-order valence-electron chi connectivity index (χ0n) is 13.0. The Morgan fingerprint density at radius 3 is 2.50 bits per heavy atom. The molecule has 3 aromatic carbocycles. The maximum absolute atomic E-state index is 6.03. The normalized spacial score (nSPS) is 12.3. The number of rotatable bonds is 4. The van der Waals surface area contributed by atoms with Crippen LogP contribution in [0.1, 0.15) is 18.1 Å². The first kappa shape index (κ1) is 14.5. The predicted molar refractivity (Wildman–Crippen MR) is 93.3 cm³/mol.